The second-order valence-electron chi connectivity index (χ2n) is 6.72. The third-order valence-corrected chi connectivity index (χ3v) is 5.00. The van der Waals surface area contributed by atoms with E-state index < -0.39 is 0 Å². The Kier molecular flexibility index (Phi) is 4.02. The van der Waals surface area contributed by atoms with Crippen LogP contribution in [0.4, 0.5) is 11.4 Å². The number of aliphatic hydroxyl groups excluding tert-OH is 1. The largest absolute Gasteiger partial charge is 0.469 e. The molecule has 5 heteroatoms. The maximum Gasteiger partial charge on any atom is 0.228 e. The molecule has 2 heterocycles. The molecule has 2 aromatic rings. The molecule has 1 saturated carbocycles. The first-order chi connectivity index (χ1) is 11.7. The fourth-order valence-corrected chi connectivity index (χ4v) is 3.42. The van der Waals surface area contributed by atoms with Gasteiger partial charge in [0.25, 0.3) is 0 Å². The fourth-order valence-electron chi connectivity index (χ4n) is 3.42. The number of furan rings is 1. The van der Waals surface area contributed by atoms with Gasteiger partial charge in [-0.15, -0.1) is 0 Å². The highest BCUT2D eigenvalue weighted by Gasteiger charge is 2.45. The lowest BCUT2D eigenvalue weighted by atomic mass is 10.1. The molecule has 1 aliphatic carbocycles. The van der Waals surface area contributed by atoms with Crippen molar-refractivity contribution in [2.75, 3.05) is 23.3 Å². The Bertz CT molecular complexity index is 688. The zero-order chi connectivity index (χ0) is 16.5. The first-order valence-corrected chi connectivity index (χ1v) is 8.58. The van der Waals surface area contributed by atoms with Crippen molar-refractivity contribution < 1.29 is 14.3 Å². The summed E-state index contributed by atoms with van der Waals surface area (Å²) in [4.78, 5) is 14.6. The van der Waals surface area contributed by atoms with Crippen molar-refractivity contribution in [3.63, 3.8) is 0 Å². The van der Waals surface area contributed by atoms with E-state index in [1.807, 2.05) is 36.4 Å². The summed E-state index contributed by atoms with van der Waals surface area (Å²) in [5, 5.41) is 12.6. The van der Waals surface area contributed by atoms with E-state index in [1.54, 1.807) is 6.26 Å². The molecule has 5 nitrogen and oxygen atoms in total. The molecule has 1 aromatic heterocycles. The lowest BCUT2D eigenvalue weighted by Crippen LogP contribution is -2.35. The minimum Gasteiger partial charge on any atom is -0.469 e. The summed E-state index contributed by atoms with van der Waals surface area (Å²) >= 11 is 0. The van der Waals surface area contributed by atoms with E-state index in [9.17, 15) is 9.90 Å². The van der Waals surface area contributed by atoms with Crippen molar-refractivity contribution in [1.82, 2.24) is 0 Å². The Balaban J connectivity index is 1.33. The van der Waals surface area contributed by atoms with Crippen molar-refractivity contribution >= 4 is 17.3 Å². The average molecular weight is 326 g/mol. The predicted molar refractivity (Wildman–Crippen MR) is 92.1 cm³/mol. The third-order valence-electron chi connectivity index (χ3n) is 5.00. The molecule has 1 saturated heterocycles. The van der Waals surface area contributed by atoms with Crippen LogP contribution >= 0.6 is 0 Å². The Morgan fingerprint density at radius 1 is 1.17 bits per heavy atom. The molecule has 1 aliphatic heterocycles. The molecule has 0 unspecified atom stereocenters. The minimum atomic E-state index is -0.166. The molecule has 2 N–H and O–H groups in total. The number of nitrogens with zero attached hydrogens (tertiary/aromatic N) is 1. The van der Waals surface area contributed by atoms with E-state index in [0.29, 0.717) is 0 Å². The highest BCUT2D eigenvalue weighted by atomic mass is 16.3. The molecular weight excluding hydrogens is 304 g/mol. The van der Waals surface area contributed by atoms with Crippen LogP contribution in [-0.2, 0) is 4.79 Å². The Morgan fingerprint density at radius 3 is 2.58 bits per heavy atom. The summed E-state index contributed by atoms with van der Waals surface area (Å²) in [6.07, 6.45) is 3.97. The summed E-state index contributed by atoms with van der Waals surface area (Å²) in [5.41, 5.74) is 1.96. The molecular formula is C19H22N2O3. The first kappa shape index (κ1) is 15.3. The van der Waals surface area contributed by atoms with Gasteiger partial charge in [0, 0.05) is 36.3 Å². The number of hydrogen-bond donors (Lipinski definition) is 2. The summed E-state index contributed by atoms with van der Waals surface area (Å²) < 4.78 is 5.38. The number of benzene rings is 1. The van der Waals surface area contributed by atoms with Crippen LogP contribution in [0, 0.1) is 5.92 Å². The number of hydrogen-bond acceptors (Lipinski definition) is 4. The van der Waals surface area contributed by atoms with Crippen LogP contribution in [-0.4, -0.2) is 30.2 Å². The van der Waals surface area contributed by atoms with Gasteiger partial charge in [-0.1, -0.05) is 0 Å². The summed E-state index contributed by atoms with van der Waals surface area (Å²) in [6, 6.07) is 11.8. The highest BCUT2D eigenvalue weighted by molar-refractivity contribution is 5.95. The zero-order valence-corrected chi connectivity index (χ0v) is 13.5. The number of aliphatic hydroxyl groups is 1. The van der Waals surface area contributed by atoms with E-state index in [4.69, 9.17) is 4.42 Å². The van der Waals surface area contributed by atoms with Gasteiger partial charge in [-0.25, -0.2) is 0 Å². The van der Waals surface area contributed by atoms with Gasteiger partial charge in [0.1, 0.15) is 5.76 Å². The zero-order valence-electron chi connectivity index (χ0n) is 13.5. The monoisotopic (exact) mass is 326 g/mol. The molecule has 24 heavy (non-hydrogen) atoms. The van der Waals surface area contributed by atoms with Crippen molar-refractivity contribution in [2.24, 2.45) is 5.92 Å². The minimum absolute atomic E-state index is 0.0133. The topological polar surface area (TPSA) is 65.7 Å². The number of nitrogens with one attached hydrogen (secondary N) is 1. The molecule has 0 bridgehead atoms. The molecule has 2 aliphatic rings. The quantitative estimate of drug-likeness (QED) is 0.906. The van der Waals surface area contributed by atoms with Gasteiger partial charge in [-0.2, -0.15) is 0 Å². The van der Waals surface area contributed by atoms with Crippen molar-refractivity contribution in [3.05, 3.63) is 48.4 Å². The van der Waals surface area contributed by atoms with Crippen molar-refractivity contribution in [1.29, 1.82) is 0 Å². The van der Waals surface area contributed by atoms with Gasteiger partial charge >= 0.3 is 0 Å². The molecule has 2 fully saturated rings. The smallest absolute Gasteiger partial charge is 0.228 e. The van der Waals surface area contributed by atoms with Crippen molar-refractivity contribution in [2.45, 2.75) is 31.3 Å². The van der Waals surface area contributed by atoms with E-state index in [0.717, 1.165) is 49.5 Å². The fraction of sp³-hybridized carbons (Fsp3) is 0.421. The standard InChI is InChI=1S/C19H22N2O3/c22-15-7-9-21(10-8-15)14-5-3-13(4-6-14)20-19(23)17-12-16(17)18-2-1-11-24-18/h1-6,11,15-17,22H,7-10,12H2,(H,20,23)/t16-,17-/m0/s1. The van der Waals surface area contributed by atoms with Crippen LogP contribution in [0.15, 0.2) is 47.1 Å². The first-order valence-electron chi connectivity index (χ1n) is 8.58. The molecule has 2 atom stereocenters. The second-order valence-corrected chi connectivity index (χ2v) is 6.72. The number of amides is 1. The summed E-state index contributed by atoms with van der Waals surface area (Å²) in [7, 11) is 0. The number of anilines is 2. The SMILES string of the molecule is O=C(Nc1ccc(N2CCC(O)CC2)cc1)[C@H]1C[C@@H]1c1ccco1. The van der Waals surface area contributed by atoms with Crippen LogP contribution in [0.2, 0.25) is 0 Å². The molecule has 0 spiro atoms. The average Bonchev–Trinajstić information content (AvgIpc) is 3.22. The predicted octanol–water partition coefficient (Wildman–Crippen LogP) is 2.98. The van der Waals surface area contributed by atoms with Crippen LogP contribution in [0.5, 0.6) is 0 Å². The summed E-state index contributed by atoms with van der Waals surface area (Å²) in [5.74, 6) is 1.20. The summed E-state index contributed by atoms with van der Waals surface area (Å²) in [6.45, 7) is 1.75. The Morgan fingerprint density at radius 2 is 1.92 bits per heavy atom. The van der Waals surface area contributed by atoms with Crippen LogP contribution in [0.25, 0.3) is 0 Å². The normalized spacial score (nSPS) is 24.0. The lowest BCUT2D eigenvalue weighted by molar-refractivity contribution is -0.117. The third kappa shape index (κ3) is 3.17. The highest BCUT2D eigenvalue weighted by Crippen LogP contribution is 2.48. The number of rotatable bonds is 4. The molecule has 4 rings (SSSR count). The van der Waals surface area contributed by atoms with E-state index in [-0.39, 0.29) is 23.8 Å². The van der Waals surface area contributed by atoms with Crippen LogP contribution in [0.1, 0.15) is 30.9 Å². The van der Waals surface area contributed by atoms with E-state index in [2.05, 4.69) is 10.2 Å². The molecule has 1 aromatic carbocycles. The molecule has 0 radical (unpaired) electrons. The molecule has 126 valence electrons. The van der Waals surface area contributed by atoms with Gasteiger partial charge in [0.15, 0.2) is 0 Å². The van der Waals surface area contributed by atoms with E-state index in [1.165, 1.54) is 0 Å². The molecule has 1 amide bonds. The maximum atomic E-state index is 12.3. The maximum absolute atomic E-state index is 12.3. The van der Waals surface area contributed by atoms with Gasteiger partial charge in [-0.05, 0) is 55.7 Å². The van der Waals surface area contributed by atoms with E-state index >= 15 is 0 Å². The van der Waals surface area contributed by atoms with Crippen molar-refractivity contribution in [3.8, 4) is 0 Å². The van der Waals surface area contributed by atoms with Gasteiger partial charge in [0.05, 0.1) is 12.4 Å². The van der Waals surface area contributed by atoms with Gasteiger partial charge in [0.2, 0.25) is 5.91 Å². The number of piperidine rings is 1. The van der Waals surface area contributed by atoms with Gasteiger partial charge in [-0.3, -0.25) is 4.79 Å². The lowest BCUT2D eigenvalue weighted by Gasteiger charge is -2.31. The van der Waals surface area contributed by atoms with Crippen LogP contribution < -0.4 is 10.2 Å². The van der Waals surface area contributed by atoms with Crippen LogP contribution in [0.3, 0.4) is 0 Å². The Hall–Kier alpha value is -2.27. The number of carbonyl (C=O) groups excluding carboxylic acids is 1. The Labute approximate surface area is 141 Å². The van der Waals surface area contributed by atoms with Gasteiger partial charge < -0.3 is 19.7 Å². The number of carbonyl (C=O) groups is 1. The second kappa shape index (κ2) is 6.32.